The average molecular weight is 311 g/mol. The predicted molar refractivity (Wildman–Crippen MR) is 80.0 cm³/mol. The molecule has 0 aliphatic carbocycles. The van der Waals surface area contributed by atoms with Crippen molar-refractivity contribution in [3.8, 4) is 0 Å². The maximum Gasteiger partial charge on any atom is 0.254 e. The van der Waals surface area contributed by atoms with Gasteiger partial charge in [0.25, 0.3) is 5.91 Å². The van der Waals surface area contributed by atoms with Gasteiger partial charge >= 0.3 is 0 Å². The Morgan fingerprint density at radius 1 is 1.38 bits per heavy atom. The molecule has 2 rings (SSSR count). The standard InChI is InChI=1S/C15H21NO4S/c1-10-4-5-12(21(3,19)20)8-13(10)15(18)16-7-6-14(17)11(2)9-16/h4-5,8,11,14,17H,6-7,9H2,1-3H3. The normalized spacial score (nSPS) is 23.1. The molecule has 1 amide bonds. The summed E-state index contributed by atoms with van der Waals surface area (Å²) in [6, 6.07) is 4.62. The number of rotatable bonds is 2. The molecule has 1 N–H and O–H groups in total. The van der Waals surface area contributed by atoms with Crippen LogP contribution in [0, 0.1) is 12.8 Å². The topological polar surface area (TPSA) is 74.7 Å². The minimum absolute atomic E-state index is 0.0288. The molecule has 1 aliphatic heterocycles. The van der Waals surface area contributed by atoms with E-state index in [1.54, 1.807) is 17.9 Å². The summed E-state index contributed by atoms with van der Waals surface area (Å²) in [5.41, 5.74) is 1.17. The number of likely N-dealkylation sites (tertiary alicyclic amines) is 1. The fraction of sp³-hybridized carbons (Fsp3) is 0.533. The third-order valence-corrected chi connectivity index (χ3v) is 5.13. The monoisotopic (exact) mass is 311 g/mol. The smallest absolute Gasteiger partial charge is 0.254 e. The van der Waals surface area contributed by atoms with Crippen molar-refractivity contribution in [3.63, 3.8) is 0 Å². The summed E-state index contributed by atoms with van der Waals surface area (Å²) in [5.74, 6) is -0.141. The Hall–Kier alpha value is -1.40. The Kier molecular flexibility index (Phi) is 4.39. The van der Waals surface area contributed by atoms with Crippen LogP contribution in [0.2, 0.25) is 0 Å². The number of aliphatic hydroxyl groups is 1. The highest BCUT2D eigenvalue weighted by Gasteiger charge is 2.28. The van der Waals surface area contributed by atoms with E-state index < -0.39 is 9.84 Å². The molecule has 0 radical (unpaired) electrons. The van der Waals surface area contributed by atoms with Crippen molar-refractivity contribution in [2.45, 2.75) is 31.3 Å². The van der Waals surface area contributed by atoms with Crippen LogP contribution >= 0.6 is 0 Å². The first-order valence-corrected chi connectivity index (χ1v) is 8.87. The van der Waals surface area contributed by atoms with Crippen LogP contribution in [0.15, 0.2) is 23.1 Å². The molecule has 1 fully saturated rings. The summed E-state index contributed by atoms with van der Waals surface area (Å²) in [5, 5.41) is 9.74. The maximum atomic E-state index is 12.6. The zero-order valence-corrected chi connectivity index (χ0v) is 13.4. The van der Waals surface area contributed by atoms with Crippen molar-refractivity contribution in [2.75, 3.05) is 19.3 Å². The van der Waals surface area contributed by atoms with Crippen LogP contribution in [-0.4, -0.2) is 49.8 Å². The highest BCUT2D eigenvalue weighted by molar-refractivity contribution is 7.90. The van der Waals surface area contributed by atoms with Gasteiger partial charge in [0.2, 0.25) is 0 Å². The Morgan fingerprint density at radius 3 is 2.62 bits per heavy atom. The van der Waals surface area contributed by atoms with Crippen molar-refractivity contribution in [2.24, 2.45) is 5.92 Å². The number of carbonyl (C=O) groups is 1. The van der Waals surface area contributed by atoms with Crippen LogP contribution in [-0.2, 0) is 9.84 Å². The Morgan fingerprint density at radius 2 is 2.05 bits per heavy atom. The molecule has 1 saturated heterocycles. The summed E-state index contributed by atoms with van der Waals surface area (Å²) in [7, 11) is -3.34. The van der Waals surface area contributed by atoms with Gasteiger partial charge in [-0.2, -0.15) is 0 Å². The quantitative estimate of drug-likeness (QED) is 0.892. The van der Waals surface area contributed by atoms with E-state index >= 15 is 0 Å². The van der Waals surface area contributed by atoms with E-state index in [1.807, 2.05) is 6.92 Å². The highest BCUT2D eigenvalue weighted by Crippen LogP contribution is 2.22. The van der Waals surface area contributed by atoms with E-state index in [4.69, 9.17) is 0 Å². The highest BCUT2D eigenvalue weighted by atomic mass is 32.2. The molecular weight excluding hydrogens is 290 g/mol. The number of hydrogen-bond donors (Lipinski definition) is 1. The Labute approximate surface area is 125 Å². The molecule has 0 bridgehead atoms. The fourth-order valence-electron chi connectivity index (χ4n) is 2.55. The van der Waals surface area contributed by atoms with E-state index in [0.717, 1.165) is 11.8 Å². The van der Waals surface area contributed by atoms with Gasteiger partial charge in [-0.1, -0.05) is 13.0 Å². The summed E-state index contributed by atoms with van der Waals surface area (Å²) in [6.07, 6.45) is 1.31. The number of benzene rings is 1. The number of hydrogen-bond acceptors (Lipinski definition) is 4. The molecular formula is C15H21NO4S. The van der Waals surface area contributed by atoms with E-state index in [2.05, 4.69) is 0 Å². The molecule has 1 aromatic rings. The Balaban J connectivity index is 2.31. The lowest BCUT2D eigenvalue weighted by molar-refractivity contribution is 0.0297. The molecule has 0 aromatic heterocycles. The van der Waals surface area contributed by atoms with Crippen LogP contribution in [0.25, 0.3) is 0 Å². The van der Waals surface area contributed by atoms with Gasteiger partial charge in [-0.25, -0.2) is 8.42 Å². The van der Waals surface area contributed by atoms with Gasteiger partial charge in [0.05, 0.1) is 11.0 Å². The second-order valence-corrected chi connectivity index (χ2v) is 7.85. The lowest BCUT2D eigenvalue weighted by atomic mass is 9.95. The van der Waals surface area contributed by atoms with Gasteiger partial charge in [0.15, 0.2) is 9.84 Å². The number of amides is 1. The molecule has 2 atom stereocenters. The zero-order valence-electron chi connectivity index (χ0n) is 12.5. The molecule has 21 heavy (non-hydrogen) atoms. The van der Waals surface area contributed by atoms with E-state index in [0.29, 0.717) is 25.1 Å². The first kappa shape index (κ1) is 16.0. The van der Waals surface area contributed by atoms with Crippen LogP contribution in [0.5, 0.6) is 0 Å². The SMILES string of the molecule is Cc1ccc(S(C)(=O)=O)cc1C(=O)N1CCC(O)C(C)C1. The number of sulfone groups is 1. The number of aryl methyl sites for hydroxylation is 1. The third kappa shape index (κ3) is 3.44. The van der Waals surface area contributed by atoms with E-state index in [1.165, 1.54) is 12.1 Å². The van der Waals surface area contributed by atoms with E-state index in [-0.39, 0.29) is 22.8 Å². The van der Waals surface area contributed by atoms with Crippen LogP contribution in [0.1, 0.15) is 29.3 Å². The largest absolute Gasteiger partial charge is 0.393 e. The summed E-state index contributed by atoms with van der Waals surface area (Å²) >= 11 is 0. The Bertz CT molecular complexity index is 654. The molecule has 5 nitrogen and oxygen atoms in total. The predicted octanol–water partition coefficient (Wildman–Crippen LogP) is 1.24. The second kappa shape index (κ2) is 5.77. The fourth-order valence-corrected chi connectivity index (χ4v) is 3.20. The van der Waals surface area contributed by atoms with Crippen molar-refractivity contribution in [1.29, 1.82) is 0 Å². The van der Waals surface area contributed by atoms with Gasteiger partial charge in [-0.15, -0.1) is 0 Å². The molecule has 1 aliphatic rings. The second-order valence-electron chi connectivity index (χ2n) is 5.83. The van der Waals surface area contributed by atoms with Crippen LogP contribution in [0.3, 0.4) is 0 Å². The lowest BCUT2D eigenvalue weighted by Gasteiger charge is -2.34. The molecule has 1 heterocycles. The van der Waals surface area contributed by atoms with Gasteiger partial charge in [0, 0.05) is 24.9 Å². The zero-order chi connectivity index (χ0) is 15.8. The number of aliphatic hydroxyl groups excluding tert-OH is 1. The number of carbonyl (C=O) groups excluding carboxylic acids is 1. The molecule has 0 spiro atoms. The number of nitrogens with zero attached hydrogens (tertiary/aromatic N) is 1. The molecule has 1 aromatic carbocycles. The van der Waals surface area contributed by atoms with E-state index in [9.17, 15) is 18.3 Å². The van der Waals surface area contributed by atoms with Crippen LogP contribution in [0.4, 0.5) is 0 Å². The first-order valence-electron chi connectivity index (χ1n) is 6.98. The third-order valence-electron chi connectivity index (χ3n) is 4.01. The number of piperidine rings is 1. The van der Waals surface area contributed by atoms with Crippen molar-refractivity contribution in [3.05, 3.63) is 29.3 Å². The lowest BCUT2D eigenvalue weighted by Crippen LogP contribution is -2.45. The van der Waals surface area contributed by atoms with Crippen molar-refractivity contribution in [1.82, 2.24) is 4.90 Å². The van der Waals surface area contributed by atoms with Gasteiger partial charge < -0.3 is 10.0 Å². The van der Waals surface area contributed by atoms with Gasteiger partial charge in [0.1, 0.15) is 0 Å². The van der Waals surface area contributed by atoms with Crippen LogP contribution < -0.4 is 0 Å². The maximum absolute atomic E-state index is 12.6. The molecule has 0 saturated carbocycles. The van der Waals surface area contributed by atoms with Gasteiger partial charge in [-0.05, 0) is 37.0 Å². The summed E-state index contributed by atoms with van der Waals surface area (Å²) in [4.78, 5) is 14.4. The van der Waals surface area contributed by atoms with Gasteiger partial charge in [-0.3, -0.25) is 4.79 Å². The first-order chi connectivity index (χ1) is 9.70. The van der Waals surface area contributed by atoms with Crippen molar-refractivity contribution >= 4 is 15.7 Å². The molecule has 2 unspecified atom stereocenters. The van der Waals surface area contributed by atoms with Crippen molar-refractivity contribution < 1.29 is 18.3 Å². The molecule has 116 valence electrons. The minimum atomic E-state index is -3.34. The molecule has 6 heteroatoms. The minimum Gasteiger partial charge on any atom is -0.393 e. The summed E-state index contributed by atoms with van der Waals surface area (Å²) in [6.45, 7) is 4.68. The average Bonchev–Trinajstić information content (AvgIpc) is 2.40. The summed E-state index contributed by atoms with van der Waals surface area (Å²) < 4.78 is 23.3.